The smallest absolute Gasteiger partial charge is 0.191 e. The third kappa shape index (κ3) is 10.1. The maximum Gasteiger partial charge on any atom is 0.191 e. The number of nitrogens with one attached hydrogen (secondary N) is 2. The fraction of sp³-hybridized carbons (Fsp3) is 0.421. The zero-order valence-corrected chi connectivity index (χ0v) is 19.3. The second-order valence-corrected chi connectivity index (χ2v) is 8.36. The lowest BCUT2D eigenvalue weighted by Crippen LogP contribution is -2.37. The summed E-state index contributed by atoms with van der Waals surface area (Å²) in [5.74, 6) is 1.59. The fourth-order valence-electron chi connectivity index (χ4n) is 2.41. The third-order valence-electron chi connectivity index (χ3n) is 3.72. The molecule has 2 N–H and O–H groups in total. The Balaban J connectivity index is 0.00000392. The first-order valence-corrected chi connectivity index (χ1v) is 10.8. The molecule has 0 amide bonds. The van der Waals surface area contributed by atoms with Crippen LogP contribution in [0.1, 0.15) is 23.3 Å². The molecule has 0 aliphatic heterocycles. The summed E-state index contributed by atoms with van der Waals surface area (Å²) in [7, 11) is -1.29. The molecule has 2 aromatic rings. The van der Waals surface area contributed by atoms with E-state index in [1.807, 2.05) is 36.4 Å². The van der Waals surface area contributed by atoms with Gasteiger partial charge in [-0.3, -0.25) is 4.99 Å². The van der Waals surface area contributed by atoms with Crippen LogP contribution in [0.2, 0.25) is 0 Å². The number of hydrogen-bond acceptors (Lipinski definition) is 5. The molecule has 0 saturated heterocycles. The maximum absolute atomic E-state index is 11.3. The summed E-state index contributed by atoms with van der Waals surface area (Å²) >= 11 is 0. The van der Waals surface area contributed by atoms with E-state index in [1.165, 1.54) is 6.26 Å². The van der Waals surface area contributed by atoms with Crippen molar-refractivity contribution >= 4 is 39.8 Å². The molecule has 0 spiro atoms. The largest absolute Gasteiger partial charge is 0.467 e. The van der Waals surface area contributed by atoms with Crippen LogP contribution in [0.15, 0.2) is 52.1 Å². The molecule has 0 aliphatic carbocycles. The number of aliphatic imine (C=N–C) groups is 1. The molecule has 0 unspecified atom stereocenters. The molecule has 2 rings (SSSR count). The molecule has 1 aromatic carbocycles. The zero-order valence-electron chi connectivity index (χ0n) is 16.2. The van der Waals surface area contributed by atoms with Gasteiger partial charge in [0, 0.05) is 33.0 Å². The molecule has 0 fully saturated rings. The van der Waals surface area contributed by atoms with E-state index >= 15 is 0 Å². The molecule has 0 saturated carbocycles. The second-order valence-electron chi connectivity index (χ2n) is 6.22. The highest BCUT2D eigenvalue weighted by atomic mass is 127. The summed E-state index contributed by atoms with van der Waals surface area (Å²) in [6, 6.07) is 11.2. The van der Waals surface area contributed by atoms with E-state index in [2.05, 4.69) is 15.6 Å². The first kappa shape index (κ1) is 24.4. The van der Waals surface area contributed by atoms with Crippen molar-refractivity contribution in [3.8, 4) is 0 Å². The van der Waals surface area contributed by atoms with Gasteiger partial charge in [-0.25, -0.2) is 8.42 Å². The van der Waals surface area contributed by atoms with Gasteiger partial charge in [-0.05, 0) is 29.7 Å². The Morgan fingerprint density at radius 3 is 2.46 bits per heavy atom. The van der Waals surface area contributed by atoms with E-state index in [4.69, 9.17) is 9.15 Å². The van der Waals surface area contributed by atoms with Crippen LogP contribution in [0.25, 0.3) is 0 Å². The first-order valence-electron chi connectivity index (χ1n) is 8.76. The van der Waals surface area contributed by atoms with Gasteiger partial charge in [0.2, 0.25) is 0 Å². The van der Waals surface area contributed by atoms with Gasteiger partial charge in [-0.15, -0.1) is 24.0 Å². The lowest BCUT2D eigenvalue weighted by Gasteiger charge is -2.12. The van der Waals surface area contributed by atoms with Gasteiger partial charge >= 0.3 is 0 Å². The van der Waals surface area contributed by atoms with Crippen molar-refractivity contribution in [1.29, 1.82) is 0 Å². The van der Waals surface area contributed by atoms with Gasteiger partial charge in [0.05, 0.1) is 12.0 Å². The van der Waals surface area contributed by atoms with E-state index in [0.717, 1.165) is 29.9 Å². The van der Waals surface area contributed by atoms with Gasteiger partial charge in [-0.1, -0.05) is 24.3 Å². The number of hydrogen-bond donors (Lipinski definition) is 2. The van der Waals surface area contributed by atoms with Crippen LogP contribution in [0, 0.1) is 0 Å². The predicted molar refractivity (Wildman–Crippen MR) is 122 cm³/mol. The topological polar surface area (TPSA) is 92.9 Å². The van der Waals surface area contributed by atoms with Crippen LogP contribution in [-0.2, 0) is 33.5 Å². The number of halogens is 1. The van der Waals surface area contributed by atoms with Crippen molar-refractivity contribution < 1.29 is 17.6 Å². The summed E-state index contributed by atoms with van der Waals surface area (Å²) in [5.41, 5.74) is 1.84. The molecule has 9 heteroatoms. The van der Waals surface area contributed by atoms with Gasteiger partial charge < -0.3 is 19.8 Å². The zero-order chi connectivity index (χ0) is 19.5. The van der Waals surface area contributed by atoms with E-state index in [-0.39, 0.29) is 29.7 Å². The summed E-state index contributed by atoms with van der Waals surface area (Å²) in [6.07, 6.45) is 3.72. The molecule has 7 nitrogen and oxygen atoms in total. The number of rotatable bonds is 10. The minimum atomic E-state index is -3.01. The van der Waals surface area contributed by atoms with E-state index < -0.39 is 9.84 Å². The minimum absolute atomic E-state index is 0. The molecular formula is C19H28IN3O4S. The predicted octanol–water partition coefficient (Wildman–Crippen LogP) is 2.71. The average Bonchev–Trinajstić information content (AvgIpc) is 3.14. The molecule has 0 aliphatic rings. The summed E-state index contributed by atoms with van der Waals surface area (Å²) in [6.45, 7) is 2.46. The lowest BCUT2D eigenvalue weighted by atomic mass is 10.1. The molecule has 1 heterocycles. The standard InChI is InChI=1S/C19H27N3O4S.HI/c1-20-19(21-10-4-11-25-14-18-5-3-12-26-18)22-13-16-6-8-17(9-7-16)15-27(2,23)24;/h3,5-9,12H,4,10-11,13-15H2,1-2H3,(H2,20,21,22);1H. The highest BCUT2D eigenvalue weighted by molar-refractivity contribution is 14.0. The van der Waals surface area contributed by atoms with E-state index in [0.29, 0.717) is 25.7 Å². The minimum Gasteiger partial charge on any atom is -0.467 e. The maximum atomic E-state index is 11.3. The number of sulfone groups is 1. The Labute approximate surface area is 183 Å². The van der Waals surface area contributed by atoms with Crippen molar-refractivity contribution in [3.63, 3.8) is 0 Å². The Bertz CT molecular complexity index is 806. The number of ether oxygens (including phenoxy) is 1. The van der Waals surface area contributed by atoms with E-state index in [9.17, 15) is 8.42 Å². The van der Waals surface area contributed by atoms with Crippen LogP contribution in [0.3, 0.4) is 0 Å². The van der Waals surface area contributed by atoms with Crippen LogP contribution in [0.4, 0.5) is 0 Å². The number of nitrogens with zero attached hydrogens (tertiary/aromatic N) is 1. The SMILES string of the molecule is CN=C(NCCCOCc1ccco1)NCc1ccc(CS(C)(=O)=O)cc1.I. The summed E-state index contributed by atoms with van der Waals surface area (Å²) < 4.78 is 33.4. The molecule has 0 atom stereocenters. The van der Waals surface area contributed by atoms with Crippen LogP contribution in [0.5, 0.6) is 0 Å². The average molecular weight is 521 g/mol. The number of furan rings is 1. The van der Waals surface area contributed by atoms with Crippen molar-refractivity contribution in [2.45, 2.75) is 25.3 Å². The van der Waals surface area contributed by atoms with Crippen molar-refractivity contribution in [3.05, 3.63) is 59.5 Å². The molecule has 0 bridgehead atoms. The Kier molecular flexibility index (Phi) is 11.2. The van der Waals surface area contributed by atoms with Crippen molar-refractivity contribution in [2.24, 2.45) is 4.99 Å². The Morgan fingerprint density at radius 2 is 1.86 bits per heavy atom. The molecule has 0 radical (unpaired) electrons. The van der Waals surface area contributed by atoms with Gasteiger partial charge in [0.1, 0.15) is 12.4 Å². The molecule has 28 heavy (non-hydrogen) atoms. The molecule has 1 aromatic heterocycles. The third-order valence-corrected chi connectivity index (χ3v) is 4.58. The highest BCUT2D eigenvalue weighted by Gasteiger charge is 2.04. The van der Waals surface area contributed by atoms with Gasteiger partial charge in [0.15, 0.2) is 15.8 Å². The second kappa shape index (κ2) is 12.8. The molecular weight excluding hydrogens is 493 g/mol. The quantitative estimate of drug-likeness (QED) is 0.216. The monoisotopic (exact) mass is 521 g/mol. The first-order chi connectivity index (χ1) is 13.0. The normalized spacial score (nSPS) is 11.7. The highest BCUT2D eigenvalue weighted by Crippen LogP contribution is 2.07. The van der Waals surface area contributed by atoms with Crippen LogP contribution < -0.4 is 10.6 Å². The van der Waals surface area contributed by atoms with Gasteiger partial charge in [0.25, 0.3) is 0 Å². The molecule has 156 valence electrons. The van der Waals surface area contributed by atoms with Crippen LogP contribution in [-0.4, -0.2) is 40.8 Å². The number of guanidine groups is 1. The Hall–Kier alpha value is -1.59. The fourth-order valence-corrected chi connectivity index (χ4v) is 3.21. The van der Waals surface area contributed by atoms with Gasteiger partial charge in [-0.2, -0.15) is 0 Å². The summed E-state index contributed by atoms with van der Waals surface area (Å²) in [4.78, 5) is 4.19. The number of benzene rings is 1. The van der Waals surface area contributed by atoms with E-state index in [1.54, 1.807) is 13.3 Å². The van der Waals surface area contributed by atoms with Crippen molar-refractivity contribution in [2.75, 3.05) is 26.5 Å². The lowest BCUT2D eigenvalue weighted by molar-refractivity contribution is 0.105. The summed E-state index contributed by atoms with van der Waals surface area (Å²) in [5, 5.41) is 6.46. The Morgan fingerprint density at radius 1 is 1.14 bits per heavy atom. The van der Waals surface area contributed by atoms with Crippen molar-refractivity contribution in [1.82, 2.24) is 10.6 Å². The van der Waals surface area contributed by atoms with Crippen LogP contribution >= 0.6 is 24.0 Å².